The normalized spacial score (nSPS) is 18.5. The summed E-state index contributed by atoms with van der Waals surface area (Å²) in [6, 6.07) is 0. The van der Waals surface area contributed by atoms with Gasteiger partial charge in [-0.3, -0.25) is 4.98 Å². The number of hydrogen-bond acceptors (Lipinski definition) is 6. The first-order valence-electron chi connectivity index (χ1n) is 7.00. The van der Waals surface area contributed by atoms with Crippen molar-refractivity contribution in [2.75, 3.05) is 21.1 Å². The third kappa shape index (κ3) is 4.50. The number of ether oxygens (including phenoxy) is 2. The number of quaternary nitrogens is 1. The van der Waals surface area contributed by atoms with Crippen molar-refractivity contribution in [2.24, 2.45) is 0 Å². The van der Waals surface area contributed by atoms with E-state index in [9.17, 15) is 0 Å². The van der Waals surface area contributed by atoms with E-state index in [0.717, 1.165) is 29.0 Å². The second-order valence-electron chi connectivity index (χ2n) is 5.82. The summed E-state index contributed by atoms with van der Waals surface area (Å²) < 4.78 is 13.8. The van der Waals surface area contributed by atoms with Crippen molar-refractivity contribution in [1.29, 1.82) is 0 Å². The van der Waals surface area contributed by atoms with Gasteiger partial charge in [0.2, 0.25) is 0 Å². The Bertz CT molecular complexity index is 504. The highest BCUT2D eigenvalue weighted by Gasteiger charge is 2.26. The van der Waals surface area contributed by atoms with E-state index in [-0.39, 0.29) is 6.29 Å². The van der Waals surface area contributed by atoms with Crippen LogP contribution in [-0.2, 0) is 50.1 Å². The third-order valence-electron chi connectivity index (χ3n) is 3.22. The first-order valence-corrected chi connectivity index (χ1v) is 7.73. The van der Waals surface area contributed by atoms with Crippen molar-refractivity contribution in [3.8, 4) is 5.75 Å². The summed E-state index contributed by atoms with van der Waals surface area (Å²) in [6.07, 6.45) is 2.46. The Morgan fingerprint density at radius 2 is 2.19 bits per heavy atom. The molecule has 0 fully saturated rings. The second-order valence-corrected chi connectivity index (χ2v) is 7.43. The van der Waals surface area contributed by atoms with Crippen LogP contribution in [0.15, 0.2) is 6.20 Å². The minimum atomic E-state index is -0.213. The van der Waals surface area contributed by atoms with Crippen LogP contribution in [0.2, 0.25) is 0 Å². The Hall–Kier alpha value is -0.470. The summed E-state index contributed by atoms with van der Waals surface area (Å²) in [4.78, 5) is 4.54. The fraction of sp³-hybridized carbons (Fsp3) is 0.643. The minimum Gasteiger partial charge on any atom is -0.702 e. The summed E-state index contributed by atoms with van der Waals surface area (Å²) in [7, 11) is 5.80. The molecule has 5 nitrogen and oxygen atoms in total. The molecule has 1 unspecified atom stereocenters. The van der Waals surface area contributed by atoms with Gasteiger partial charge in [0, 0.05) is 30.3 Å². The molecule has 1 aromatic rings. The zero-order chi connectivity index (χ0) is 15.6. The number of rotatable bonds is 5. The van der Waals surface area contributed by atoms with Gasteiger partial charge in [-0.15, -0.1) is 0 Å². The second kappa shape index (κ2) is 6.75. The number of aromatic nitrogens is 1. The van der Waals surface area contributed by atoms with Crippen molar-refractivity contribution in [1.82, 2.24) is 9.29 Å². The highest BCUT2D eigenvalue weighted by atomic mass is 32.1. The van der Waals surface area contributed by atoms with E-state index < -0.39 is 0 Å². The molecule has 0 N–H and O–H groups in total. The molecule has 1 aliphatic heterocycles. The van der Waals surface area contributed by atoms with Crippen molar-refractivity contribution in [3.63, 3.8) is 0 Å². The number of nitrogens with zero attached hydrogens (tertiary/aromatic N) is 3. The Labute approximate surface area is 137 Å². The predicted octanol–water partition coefficient (Wildman–Crippen LogP) is 1.66. The van der Waals surface area contributed by atoms with Crippen LogP contribution in [-0.4, -0.2) is 40.6 Å². The lowest BCUT2D eigenvalue weighted by atomic mass is 10.1. The summed E-state index contributed by atoms with van der Waals surface area (Å²) in [5.74, 6) is 0.825. The topological polar surface area (TPSA) is 34.6 Å². The van der Waals surface area contributed by atoms with Gasteiger partial charge >= 0.3 is 0 Å². The average molecular weight is 328 g/mol. The van der Waals surface area contributed by atoms with Crippen LogP contribution in [0.5, 0.6) is 5.75 Å². The van der Waals surface area contributed by atoms with Gasteiger partial charge in [0.05, 0.1) is 32.9 Å². The highest BCUT2D eigenvalue weighted by molar-refractivity contribution is 7.55. The van der Waals surface area contributed by atoms with Gasteiger partial charge in [-0.25, -0.2) is 0 Å². The van der Waals surface area contributed by atoms with E-state index in [2.05, 4.69) is 4.98 Å². The molecule has 21 heavy (non-hydrogen) atoms. The van der Waals surface area contributed by atoms with Crippen molar-refractivity contribution >= 4 is 25.6 Å². The monoisotopic (exact) mass is 328 g/mol. The van der Waals surface area contributed by atoms with Gasteiger partial charge in [-0.1, -0.05) is 6.92 Å². The van der Waals surface area contributed by atoms with Crippen LogP contribution < -0.4 is 4.74 Å². The Kier molecular flexibility index (Phi) is 5.43. The molecule has 2 rings (SSSR count). The molecule has 7 heteroatoms. The molecule has 118 valence electrons. The molecule has 0 bridgehead atoms. The lowest BCUT2D eigenvalue weighted by Crippen LogP contribution is -2.33. The molecular formula is C14H22N3O2S2-. The molecule has 2 heterocycles. The smallest absolute Gasteiger partial charge is 0.200 e. The number of hydrogen-bond donors (Lipinski definition) is 0. The largest absolute Gasteiger partial charge is 0.702 e. The van der Waals surface area contributed by atoms with Crippen LogP contribution in [0.3, 0.4) is 0 Å². The van der Waals surface area contributed by atoms with E-state index in [1.807, 2.05) is 34.3 Å². The lowest BCUT2D eigenvalue weighted by molar-refractivity contribution is -0.764. The summed E-state index contributed by atoms with van der Waals surface area (Å²) in [5.41, 5.74) is 3.00. The maximum atomic E-state index is 5.97. The Balaban J connectivity index is 2.39. The first-order chi connectivity index (χ1) is 9.80. The van der Waals surface area contributed by atoms with Crippen molar-refractivity contribution in [2.45, 2.75) is 39.3 Å². The quantitative estimate of drug-likeness (QED) is 0.604. The number of fused-ring (bicyclic) bond motifs is 1. The van der Waals surface area contributed by atoms with Crippen LogP contribution >= 0.6 is 0 Å². The van der Waals surface area contributed by atoms with Crippen molar-refractivity contribution < 1.29 is 13.4 Å². The van der Waals surface area contributed by atoms with Gasteiger partial charge in [0.15, 0.2) is 12.0 Å². The molecule has 1 atom stereocenters. The third-order valence-corrected chi connectivity index (χ3v) is 3.48. The van der Waals surface area contributed by atoms with Gasteiger partial charge < -0.3 is 43.3 Å². The van der Waals surface area contributed by atoms with E-state index in [0.29, 0.717) is 23.6 Å². The van der Waals surface area contributed by atoms with Crippen LogP contribution in [0, 0.1) is 0 Å². The maximum Gasteiger partial charge on any atom is 0.200 e. The van der Waals surface area contributed by atoms with E-state index in [1.165, 1.54) is 0 Å². The van der Waals surface area contributed by atoms with Crippen LogP contribution in [0.1, 0.15) is 30.2 Å². The fourth-order valence-electron chi connectivity index (χ4n) is 2.32. The van der Waals surface area contributed by atoms with Gasteiger partial charge in [-0.2, -0.15) is 0 Å². The molecule has 0 spiro atoms. The summed E-state index contributed by atoms with van der Waals surface area (Å²) in [5, 5.41) is 0. The molecular weight excluding hydrogens is 306 g/mol. The van der Waals surface area contributed by atoms with E-state index in [4.69, 9.17) is 35.1 Å². The molecule has 0 aromatic carbocycles. The maximum absolute atomic E-state index is 5.97. The minimum absolute atomic E-state index is 0.213. The highest BCUT2D eigenvalue weighted by Crippen LogP contribution is 2.33. The first kappa shape index (κ1) is 16.9. The van der Waals surface area contributed by atoms with E-state index in [1.54, 1.807) is 4.31 Å². The van der Waals surface area contributed by atoms with E-state index >= 15 is 0 Å². The average Bonchev–Trinajstić information content (AvgIpc) is 2.39. The molecule has 0 radical (unpaired) electrons. The molecule has 1 aliphatic rings. The fourth-order valence-corrected chi connectivity index (χ4v) is 2.58. The summed E-state index contributed by atoms with van der Waals surface area (Å²) >= 11 is 10.6. The van der Waals surface area contributed by atoms with Gasteiger partial charge in [0.1, 0.15) is 0 Å². The SMILES string of the molecule is CCC1OCc2c(C[N+](C)(C)[S-])cnc(CN(C)[S-])c2O1. The molecule has 1 aromatic heterocycles. The zero-order valence-corrected chi connectivity index (χ0v) is 14.6. The van der Waals surface area contributed by atoms with Crippen molar-refractivity contribution in [3.05, 3.63) is 23.0 Å². The zero-order valence-electron chi connectivity index (χ0n) is 13.0. The molecule has 0 saturated carbocycles. The molecule has 0 saturated heterocycles. The Morgan fingerprint density at radius 3 is 2.76 bits per heavy atom. The lowest BCUT2D eigenvalue weighted by Gasteiger charge is -2.37. The standard InChI is InChI=1S/C14H22N3O2S2/c1-5-13-18-9-11-10(8-17(3,4)21)6-15-12(7-16(2)20)14(11)19-13/h6,13H,5,7-9H2,1-4H3/q-1. The van der Waals surface area contributed by atoms with Crippen LogP contribution in [0.4, 0.5) is 0 Å². The molecule has 0 aliphatic carbocycles. The summed E-state index contributed by atoms with van der Waals surface area (Å²) in [6.45, 7) is 3.85. The predicted molar refractivity (Wildman–Crippen MR) is 85.7 cm³/mol. The molecule has 0 amide bonds. The Morgan fingerprint density at radius 1 is 1.48 bits per heavy atom. The number of pyridine rings is 1. The van der Waals surface area contributed by atoms with Crippen LogP contribution in [0.25, 0.3) is 0 Å². The van der Waals surface area contributed by atoms with Gasteiger partial charge in [0.25, 0.3) is 0 Å². The van der Waals surface area contributed by atoms with Gasteiger partial charge in [-0.05, 0) is 7.05 Å².